The molecule has 7 nitrogen and oxygen atoms in total. The molecule has 2 aromatic heterocycles. The van der Waals surface area contributed by atoms with Gasteiger partial charge in [-0.3, -0.25) is 0 Å². The van der Waals surface area contributed by atoms with Crippen molar-refractivity contribution in [1.82, 2.24) is 19.4 Å². The minimum Gasteiger partial charge on any atom is -0.450 e. The fraction of sp³-hybridized carbons (Fsp3) is 0.375. The maximum absolute atomic E-state index is 11.9. The van der Waals surface area contributed by atoms with Crippen LogP contribution in [0.5, 0.6) is 0 Å². The lowest BCUT2D eigenvalue weighted by Crippen LogP contribution is -2.35. The third-order valence-corrected chi connectivity index (χ3v) is 5.87. The Labute approximate surface area is 183 Å². The molecule has 0 atom stereocenters. The Balaban J connectivity index is 1.58. The molecule has 1 aromatic carbocycles. The summed E-state index contributed by atoms with van der Waals surface area (Å²) in [6.07, 6.45) is 7.28. The molecule has 0 saturated heterocycles. The van der Waals surface area contributed by atoms with E-state index in [1.807, 2.05) is 31.1 Å². The van der Waals surface area contributed by atoms with E-state index < -0.39 is 0 Å². The van der Waals surface area contributed by atoms with Gasteiger partial charge in [-0.15, -0.1) is 0 Å². The van der Waals surface area contributed by atoms with Gasteiger partial charge in [0.15, 0.2) is 0 Å². The molecule has 3 heterocycles. The second kappa shape index (κ2) is 8.79. The largest absolute Gasteiger partial charge is 0.450 e. The Morgan fingerprint density at radius 3 is 2.77 bits per heavy atom. The molecule has 0 saturated carbocycles. The maximum Gasteiger partial charge on any atom is 0.410 e. The lowest BCUT2D eigenvalue weighted by atomic mass is 9.96. The van der Waals surface area contributed by atoms with Crippen molar-refractivity contribution in [2.24, 2.45) is 7.05 Å². The first-order chi connectivity index (χ1) is 15.0. The van der Waals surface area contributed by atoms with E-state index in [4.69, 9.17) is 4.74 Å². The van der Waals surface area contributed by atoms with E-state index in [2.05, 4.69) is 59.2 Å². The van der Waals surface area contributed by atoms with Gasteiger partial charge >= 0.3 is 6.09 Å². The molecule has 0 fully saturated rings. The number of hydrogen-bond donors (Lipinski definition) is 0. The van der Waals surface area contributed by atoms with Gasteiger partial charge < -0.3 is 19.1 Å². The zero-order valence-electron chi connectivity index (χ0n) is 18.6. The molecular formula is C24H29N5O2. The number of pyridine rings is 1. The molecule has 1 amide bonds. The zero-order chi connectivity index (χ0) is 22.0. The van der Waals surface area contributed by atoms with E-state index in [1.165, 1.54) is 16.7 Å². The zero-order valence-corrected chi connectivity index (χ0v) is 18.6. The first-order valence-corrected chi connectivity index (χ1v) is 10.8. The summed E-state index contributed by atoms with van der Waals surface area (Å²) in [7, 11) is 4.04. The monoisotopic (exact) mass is 419 g/mol. The lowest BCUT2D eigenvalue weighted by molar-refractivity contribution is 0.111. The third kappa shape index (κ3) is 4.13. The van der Waals surface area contributed by atoms with Gasteiger partial charge in [-0.05, 0) is 48.6 Å². The molecule has 0 bridgehead atoms. The Kier molecular flexibility index (Phi) is 5.93. The molecule has 1 aliphatic rings. The molecule has 0 N–H and O–H groups in total. The van der Waals surface area contributed by atoms with Crippen molar-refractivity contribution < 1.29 is 9.53 Å². The van der Waals surface area contributed by atoms with Gasteiger partial charge in [0, 0.05) is 38.9 Å². The topological polar surface area (TPSA) is 63.5 Å². The molecule has 162 valence electrons. The van der Waals surface area contributed by atoms with E-state index in [-0.39, 0.29) is 6.09 Å². The smallest absolute Gasteiger partial charge is 0.410 e. The van der Waals surface area contributed by atoms with Gasteiger partial charge in [0.05, 0.1) is 24.6 Å². The van der Waals surface area contributed by atoms with Crippen LogP contribution in [-0.2, 0) is 18.2 Å². The predicted molar refractivity (Wildman–Crippen MR) is 124 cm³/mol. The van der Waals surface area contributed by atoms with E-state index in [0.29, 0.717) is 19.7 Å². The highest BCUT2D eigenvalue weighted by atomic mass is 16.6. The molecule has 0 spiro atoms. The molecule has 7 heteroatoms. The molecule has 0 unspecified atom stereocenters. The summed E-state index contributed by atoms with van der Waals surface area (Å²) in [5.41, 5.74) is 6.86. The minimum atomic E-state index is -0.234. The van der Waals surface area contributed by atoms with Gasteiger partial charge in [-0.25, -0.2) is 14.8 Å². The Morgan fingerprint density at radius 2 is 2.06 bits per heavy atom. The SMILES string of the molecule is CCOC(=O)N1CC=C(c2ccc(N(C)c3cc4c(cn3)ncn4C)c(CC)c2)CC1. The number of carbonyl (C=O) groups is 1. The third-order valence-electron chi connectivity index (χ3n) is 5.87. The van der Waals surface area contributed by atoms with Crippen molar-refractivity contribution >= 4 is 34.2 Å². The van der Waals surface area contributed by atoms with Crippen molar-refractivity contribution in [3.8, 4) is 0 Å². The number of rotatable bonds is 5. The minimum absolute atomic E-state index is 0.234. The average molecular weight is 420 g/mol. The van der Waals surface area contributed by atoms with E-state index >= 15 is 0 Å². The van der Waals surface area contributed by atoms with Crippen LogP contribution in [0.1, 0.15) is 31.4 Å². The van der Waals surface area contributed by atoms with Gasteiger partial charge in [0.25, 0.3) is 0 Å². The predicted octanol–water partition coefficient (Wildman–Crippen LogP) is 4.54. The molecule has 31 heavy (non-hydrogen) atoms. The first kappa shape index (κ1) is 20.9. The Hall–Kier alpha value is -3.35. The summed E-state index contributed by atoms with van der Waals surface area (Å²) >= 11 is 0. The Bertz CT molecular complexity index is 1130. The van der Waals surface area contributed by atoms with E-state index in [0.717, 1.165) is 35.4 Å². The number of anilines is 2. The number of ether oxygens (including phenoxy) is 1. The number of aromatic nitrogens is 3. The van der Waals surface area contributed by atoms with Crippen molar-refractivity contribution in [3.63, 3.8) is 0 Å². The summed E-state index contributed by atoms with van der Waals surface area (Å²) in [6, 6.07) is 8.67. The van der Waals surface area contributed by atoms with Crippen LogP contribution in [0.4, 0.5) is 16.3 Å². The first-order valence-electron chi connectivity index (χ1n) is 10.8. The average Bonchev–Trinajstić information content (AvgIpc) is 3.18. The highest BCUT2D eigenvalue weighted by Gasteiger charge is 2.20. The number of carbonyl (C=O) groups excluding carboxylic acids is 1. The number of hydrogen-bond acceptors (Lipinski definition) is 5. The van der Waals surface area contributed by atoms with Crippen LogP contribution in [0, 0.1) is 0 Å². The normalized spacial score (nSPS) is 13.9. The number of amides is 1. The Morgan fingerprint density at radius 1 is 1.23 bits per heavy atom. The molecule has 1 aliphatic heterocycles. The van der Waals surface area contributed by atoms with Crippen molar-refractivity contribution in [1.29, 1.82) is 0 Å². The number of nitrogens with zero attached hydrogens (tertiary/aromatic N) is 5. The van der Waals surface area contributed by atoms with Gasteiger partial charge in [-0.2, -0.15) is 0 Å². The van der Waals surface area contributed by atoms with Crippen LogP contribution in [0.25, 0.3) is 16.6 Å². The van der Waals surface area contributed by atoms with Crippen LogP contribution in [0.2, 0.25) is 0 Å². The summed E-state index contributed by atoms with van der Waals surface area (Å²) < 4.78 is 7.12. The number of aryl methyl sites for hydroxylation is 2. The van der Waals surface area contributed by atoms with E-state index in [9.17, 15) is 4.79 Å². The van der Waals surface area contributed by atoms with Crippen LogP contribution in [0.3, 0.4) is 0 Å². The molecule has 3 aromatic rings. The fourth-order valence-corrected chi connectivity index (χ4v) is 4.03. The van der Waals surface area contributed by atoms with Crippen LogP contribution in [0.15, 0.2) is 42.9 Å². The number of fused-ring (bicyclic) bond motifs is 1. The highest BCUT2D eigenvalue weighted by molar-refractivity contribution is 5.80. The second-order valence-corrected chi connectivity index (χ2v) is 7.77. The summed E-state index contributed by atoms with van der Waals surface area (Å²) in [5.74, 6) is 0.889. The van der Waals surface area contributed by atoms with Crippen LogP contribution < -0.4 is 4.90 Å². The van der Waals surface area contributed by atoms with E-state index in [1.54, 1.807) is 4.90 Å². The van der Waals surface area contributed by atoms with Crippen LogP contribution in [-0.4, -0.2) is 52.3 Å². The molecule has 0 radical (unpaired) electrons. The quantitative estimate of drug-likeness (QED) is 0.607. The number of imidazole rings is 1. The van der Waals surface area contributed by atoms with Gasteiger partial charge in [0.1, 0.15) is 11.3 Å². The van der Waals surface area contributed by atoms with Crippen molar-refractivity contribution in [2.75, 3.05) is 31.6 Å². The summed E-state index contributed by atoms with van der Waals surface area (Å²) in [5, 5.41) is 0. The summed E-state index contributed by atoms with van der Waals surface area (Å²) in [6.45, 7) is 5.68. The van der Waals surface area contributed by atoms with Crippen molar-refractivity contribution in [3.05, 3.63) is 54.0 Å². The second-order valence-electron chi connectivity index (χ2n) is 7.77. The maximum atomic E-state index is 11.9. The van der Waals surface area contributed by atoms with Crippen LogP contribution >= 0.6 is 0 Å². The molecule has 4 rings (SSSR count). The summed E-state index contributed by atoms with van der Waals surface area (Å²) in [4.78, 5) is 24.8. The fourth-order valence-electron chi connectivity index (χ4n) is 4.03. The standard InChI is InChI=1S/C24H29N5O2/c1-5-17-13-19(18-9-11-29(12-10-18)24(30)31-6-2)7-8-21(17)28(4)23-14-22-20(15-25-23)26-16-27(22)3/h7-9,13-16H,5-6,10-12H2,1-4H3. The van der Waals surface area contributed by atoms with Crippen molar-refractivity contribution in [2.45, 2.75) is 26.7 Å². The lowest BCUT2D eigenvalue weighted by Gasteiger charge is -2.27. The molecular weight excluding hydrogens is 390 g/mol. The molecule has 0 aliphatic carbocycles. The number of benzene rings is 1. The van der Waals surface area contributed by atoms with Gasteiger partial charge in [0.2, 0.25) is 0 Å². The van der Waals surface area contributed by atoms with Gasteiger partial charge in [-0.1, -0.05) is 19.1 Å². The highest BCUT2D eigenvalue weighted by Crippen LogP contribution is 2.32.